The molecule has 2 amide bonds. The number of para-hydroxylation sites is 1. The summed E-state index contributed by atoms with van der Waals surface area (Å²) >= 11 is 0. The van der Waals surface area contributed by atoms with Gasteiger partial charge in [-0.15, -0.1) is 5.10 Å². The highest BCUT2D eigenvalue weighted by Crippen LogP contribution is 2.37. The Labute approximate surface area is 224 Å². The average Bonchev–Trinajstić information content (AvgIpc) is 3.62. The normalized spacial score (nSPS) is 15.7. The molecule has 1 aromatic heterocycles. The highest BCUT2D eigenvalue weighted by atomic mass is 19.1. The van der Waals surface area contributed by atoms with Crippen LogP contribution in [0.3, 0.4) is 0 Å². The summed E-state index contributed by atoms with van der Waals surface area (Å²) in [6, 6.07) is 17.1. The maximum Gasteiger partial charge on any atom is 0.249 e. The molecule has 1 aliphatic carbocycles. The molecule has 200 valence electrons. The van der Waals surface area contributed by atoms with Gasteiger partial charge in [0.05, 0.1) is 5.52 Å². The Hall–Kier alpha value is -4.47. The van der Waals surface area contributed by atoms with E-state index in [4.69, 9.17) is 9.47 Å². The monoisotopic (exact) mass is 529 g/mol. The minimum absolute atomic E-state index is 0.0249. The number of fused-ring (bicyclic) bond motifs is 2. The van der Waals surface area contributed by atoms with Gasteiger partial charge in [0, 0.05) is 17.8 Å². The third-order valence-electron chi connectivity index (χ3n) is 7.17. The number of carbonyl (C=O) groups is 2. The number of rotatable bonds is 7. The largest absolute Gasteiger partial charge is 0.486 e. The van der Waals surface area contributed by atoms with Gasteiger partial charge in [-0.3, -0.25) is 14.5 Å². The zero-order valence-electron chi connectivity index (χ0n) is 21.3. The number of ether oxygens (including phenoxy) is 2. The Morgan fingerprint density at radius 2 is 1.74 bits per heavy atom. The molecule has 6 rings (SSSR count). The first kappa shape index (κ1) is 24.8. The van der Waals surface area contributed by atoms with Crippen molar-refractivity contribution in [3.05, 3.63) is 78.1 Å². The molecule has 1 atom stereocenters. The summed E-state index contributed by atoms with van der Waals surface area (Å²) in [6.45, 7) is 0.638. The predicted molar refractivity (Wildman–Crippen MR) is 142 cm³/mol. The van der Waals surface area contributed by atoms with Crippen LogP contribution in [0, 0.1) is 5.82 Å². The van der Waals surface area contributed by atoms with Gasteiger partial charge in [0.15, 0.2) is 11.5 Å². The second kappa shape index (κ2) is 10.7. The summed E-state index contributed by atoms with van der Waals surface area (Å²) in [5.41, 5.74) is 2.29. The van der Waals surface area contributed by atoms with Crippen molar-refractivity contribution < 1.29 is 23.5 Å². The Morgan fingerprint density at radius 1 is 1.00 bits per heavy atom. The Kier molecular flexibility index (Phi) is 6.83. The molecular formula is C29H28FN5O4. The van der Waals surface area contributed by atoms with Crippen molar-refractivity contribution in [2.45, 2.75) is 44.3 Å². The van der Waals surface area contributed by atoms with Crippen LogP contribution in [0.15, 0.2) is 66.7 Å². The predicted octanol–water partition coefficient (Wildman–Crippen LogP) is 4.17. The standard InChI is InChI=1S/C29H28FN5O4/c30-20-11-9-19(10-12-20)28(29(37)31-21-5-1-2-6-21)35(22-13-14-25-26(17-22)39-16-15-38-25)27(36)18-34-24-8-4-3-7-23(24)32-33-34/h3-4,7-14,17,21,28H,1-2,5-6,15-16,18H2,(H,31,37)/t28-/m0/s1. The van der Waals surface area contributed by atoms with Gasteiger partial charge in [-0.1, -0.05) is 42.3 Å². The van der Waals surface area contributed by atoms with Crippen molar-refractivity contribution in [1.29, 1.82) is 0 Å². The van der Waals surface area contributed by atoms with Crippen LogP contribution in [-0.2, 0) is 16.1 Å². The van der Waals surface area contributed by atoms with Crippen LogP contribution in [0.4, 0.5) is 10.1 Å². The average molecular weight is 530 g/mol. The summed E-state index contributed by atoms with van der Waals surface area (Å²) in [5, 5.41) is 11.5. The molecule has 39 heavy (non-hydrogen) atoms. The molecule has 0 unspecified atom stereocenters. The molecule has 2 aliphatic rings. The Morgan fingerprint density at radius 3 is 2.54 bits per heavy atom. The number of hydrogen-bond donors (Lipinski definition) is 1. The Balaban J connectivity index is 1.43. The van der Waals surface area contributed by atoms with Gasteiger partial charge in [0.2, 0.25) is 11.8 Å². The van der Waals surface area contributed by atoms with E-state index >= 15 is 0 Å². The molecule has 0 bridgehead atoms. The van der Waals surface area contributed by atoms with Gasteiger partial charge in [-0.05, 0) is 54.8 Å². The minimum Gasteiger partial charge on any atom is -0.486 e. The molecule has 2 heterocycles. The number of amides is 2. The van der Waals surface area contributed by atoms with E-state index in [-0.39, 0.29) is 18.5 Å². The summed E-state index contributed by atoms with van der Waals surface area (Å²) in [4.78, 5) is 29.5. The molecule has 1 fully saturated rings. The first-order valence-corrected chi connectivity index (χ1v) is 13.1. The van der Waals surface area contributed by atoms with Crippen LogP contribution < -0.4 is 19.7 Å². The number of carbonyl (C=O) groups excluding carboxylic acids is 2. The van der Waals surface area contributed by atoms with Crippen LogP contribution in [0.25, 0.3) is 11.0 Å². The van der Waals surface area contributed by atoms with Crippen LogP contribution in [-0.4, -0.2) is 46.1 Å². The lowest BCUT2D eigenvalue weighted by molar-refractivity contribution is -0.127. The third-order valence-corrected chi connectivity index (χ3v) is 7.17. The lowest BCUT2D eigenvalue weighted by Gasteiger charge is -2.33. The number of hydrogen-bond acceptors (Lipinski definition) is 6. The highest BCUT2D eigenvalue weighted by Gasteiger charge is 2.35. The molecule has 1 aliphatic heterocycles. The number of halogens is 1. The highest BCUT2D eigenvalue weighted by molar-refractivity contribution is 6.02. The number of benzene rings is 3. The van der Waals surface area contributed by atoms with Crippen molar-refractivity contribution in [2.24, 2.45) is 0 Å². The summed E-state index contributed by atoms with van der Waals surface area (Å²) in [7, 11) is 0. The zero-order valence-corrected chi connectivity index (χ0v) is 21.3. The van der Waals surface area contributed by atoms with E-state index in [1.165, 1.54) is 33.8 Å². The molecule has 9 nitrogen and oxygen atoms in total. The summed E-state index contributed by atoms with van der Waals surface area (Å²) < 4.78 is 26.9. The molecule has 10 heteroatoms. The molecular weight excluding hydrogens is 501 g/mol. The van der Waals surface area contributed by atoms with E-state index in [1.54, 1.807) is 18.2 Å². The van der Waals surface area contributed by atoms with Gasteiger partial charge >= 0.3 is 0 Å². The van der Waals surface area contributed by atoms with Gasteiger partial charge in [0.25, 0.3) is 0 Å². The fraction of sp³-hybridized carbons (Fsp3) is 0.310. The van der Waals surface area contributed by atoms with E-state index in [0.717, 1.165) is 25.7 Å². The lowest BCUT2D eigenvalue weighted by Crippen LogP contribution is -2.47. The molecule has 4 aromatic rings. The van der Waals surface area contributed by atoms with E-state index in [1.807, 2.05) is 24.3 Å². The quantitative estimate of drug-likeness (QED) is 0.386. The fourth-order valence-corrected chi connectivity index (χ4v) is 5.27. The number of anilines is 1. The number of aromatic nitrogens is 3. The SMILES string of the molecule is O=C(NC1CCCC1)[C@H](c1ccc(F)cc1)N(C(=O)Cn1nnc2ccccc21)c1ccc2c(c1)OCCO2. The second-order valence-electron chi connectivity index (χ2n) is 9.77. The first-order valence-electron chi connectivity index (χ1n) is 13.1. The molecule has 0 spiro atoms. The van der Waals surface area contributed by atoms with Crippen LogP contribution in [0.2, 0.25) is 0 Å². The van der Waals surface area contributed by atoms with Crippen molar-refractivity contribution >= 4 is 28.5 Å². The molecule has 0 saturated heterocycles. The van der Waals surface area contributed by atoms with Crippen molar-refractivity contribution in [2.75, 3.05) is 18.1 Å². The fourth-order valence-electron chi connectivity index (χ4n) is 5.27. The van der Waals surface area contributed by atoms with Gasteiger partial charge < -0.3 is 14.8 Å². The maximum absolute atomic E-state index is 14.2. The van der Waals surface area contributed by atoms with Crippen molar-refractivity contribution in [3.8, 4) is 11.5 Å². The second-order valence-corrected chi connectivity index (χ2v) is 9.77. The molecule has 0 radical (unpaired) electrons. The molecule has 3 aromatic carbocycles. The van der Waals surface area contributed by atoms with Crippen molar-refractivity contribution in [3.63, 3.8) is 0 Å². The van der Waals surface area contributed by atoms with Crippen LogP contribution in [0.1, 0.15) is 37.3 Å². The van der Waals surface area contributed by atoms with E-state index in [2.05, 4.69) is 15.6 Å². The van der Waals surface area contributed by atoms with E-state index in [0.29, 0.717) is 47.0 Å². The first-order chi connectivity index (χ1) is 19.1. The Bertz CT molecular complexity index is 1500. The number of nitrogens with one attached hydrogen (secondary N) is 1. The maximum atomic E-state index is 14.2. The third kappa shape index (κ3) is 5.14. The van der Waals surface area contributed by atoms with Crippen LogP contribution in [0.5, 0.6) is 11.5 Å². The lowest BCUT2D eigenvalue weighted by atomic mass is 10.0. The smallest absolute Gasteiger partial charge is 0.249 e. The van der Waals surface area contributed by atoms with Gasteiger partial charge in [-0.2, -0.15) is 0 Å². The van der Waals surface area contributed by atoms with Gasteiger partial charge in [0.1, 0.15) is 37.1 Å². The van der Waals surface area contributed by atoms with E-state index < -0.39 is 17.8 Å². The molecule has 1 N–H and O–H groups in total. The van der Waals surface area contributed by atoms with Gasteiger partial charge in [-0.25, -0.2) is 9.07 Å². The van der Waals surface area contributed by atoms with Crippen LogP contribution >= 0.6 is 0 Å². The topological polar surface area (TPSA) is 98.6 Å². The van der Waals surface area contributed by atoms with E-state index in [9.17, 15) is 14.0 Å². The zero-order chi connectivity index (χ0) is 26.8. The molecule has 1 saturated carbocycles. The van der Waals surface area contributed by atoms with Crippen molar-refractivity contribution in [1.82, 2.24) is 20.3 Å². The minimum atomic E-state index is -1.06. The number of nitrogens with zero attached hydrogens (tertiary/aromatic N) is 4. The summed E-state index contributed by atoms with van der Waals surface area (Å²) in [6.07, 6.45) is 3.84. The summed E-state index contributed by atoms with van der Waals surface area (Å²) in [5.74, 6) is -0.108.